The molecule has 1 heterocycles. The zero-order valence-corrected chi connectivity index (χ0v) is 11.6. The van der Waals surface area contributed by atoms with E-state index in [1.807, 2.05) is 10.9 Å². The molecule has 3 rings (SSSR count). The lowest BCUT2D eigenvalue weighted by Crippen LogP contribution is -2.22. The number of aromatic nitrogens is 2. The van der Waals surface area contributed by atoms with E-state index in [9.17, 15) is 0 Å². The Balaban J connectivity index is 2.29. The van der Waals surface area contributed by atoms with Gasteiger partial charge < -0.3 is 0 Å². The second-order valence-electron chi connectivity index (χ2n) is 6.04. The highest BCUT2D eigenvalue weighted by Gasteiger charge is 2.33. The molecule has 0 radical (unpaired) electrons. The Bertz CT molecular complexity index is 593. The number of hydrogen-bond acceptors (Lipinski definition) is 1. The number of nitrogens with zero attached hydrogens (tertiary/aromatic N) is 2. The number of aryl methyl sites for hydroxylation is 1. The van der Waals surface area contributed by atoms with Gasteiger partial charge in [-0.2, -0.15) is 5.10 Å². The van der Waals surface area contributed by atoms with Crippen LogP contribution in [0.2, 0.25) is 0 Å². The van der Waals surface area contributed by atoms with Crippen LogP contribution in [0.15, 0.2) is 30.5 Å². The average molecular weight is 240 g/mol. The first-order chi connectivity index (χ1) is 8.50. The van der Waals surface area contributed by atoms with E-state index in [0.717, 1.165) is 6.42 Å². The van der Waals surface area contributed by atoms with Crippen molar-refractivity contribution in [1.29, 1.82) is 0 Å². The molecular formula is C16H20N2. The summed E-state index contributed by atoms with van der Waals surface area (Å²) in [7, 11) is 2.05. The number of hydrogen-bond donors (Lipinski definition) is 0. The molecule has 1 aromatic heterocycles. The third-order valence-corrected chi connectivity index (χ3v) is 4.33. The number of rotatable bonds is 0. The topological polar surface area (TPSA) is 17.8 Å². The smallest absolute Gasteiger partial charge is 0.0530 e. The highest BCUT2D eigenvalue weighted by Crippen LogP contribution is 2.41. The lowest BCUT2D eigenvalue weighted by Gasteiger charge is -2.26. The van der Waals surface area contributed by atoms with Crippen LogP contribution >= 0.6 is 0 Å². The SMILES string of the molecule is CC1c2ccccc2C(C)(C)Cc2c1cnn2C. The molecule has 18 heavy (non-hydrogen) atoms. The minimum atomic E-state index is 0.171. The van der Waals surface area contributed by atoms with Gasteiger partial charge in [-0.05, 0) is 23.0 Å². The molecule has 0 saturated heterocycles. The van der Waals surface area contributed by atoms with Crippen molar-refractivity contribution in [1.82, 2.24) is 9.78 Å². The maximum Gasteiger partial charge on any atom is 0.0530 e. The van der Waals surface area contributed by atoms with Crippen molar-refractivity contribution in [3.63, 3.8) is 0 Å². The summed E-state index contributed by atoms with van der Waals surface area (Å²) in [6, 6.07) is 8.85. The molecule has 1 unspecified atom stereocenters. The normalized spacial score (nSPS) is 21.0. The third-order valence-electron chi connectivity index (χ3n) is 4.33. The minimum absolute atomic E-state index is 0.171. The molecule has 2 nitrogen and oxygen atoms in total. The standard InChI is InChI=1S/C16H20N2/c1-11-12-7-5-6-8-14(12)16(2,3)9-15-13(11)10-17-18(15)4/h5-8,10-11H,9H2,1-4H3. The van der Waals surface area contributed by atoms with E-state index in [1.54, 1.807) is 0 Å². The largest absolute Gasteiger partial charge is 0.272 e. The predicted octanol–water partition coefficient (Wildman–Crippen LogP) is 3.41. The molecule has 0 bridgehead atoms. The van der Waals surface area contributed by atoms with Crippen LogP contribution in [0.4, 0.5) is 0 Å². The van der Waals surface area contributed by atoms with Crippen LogP contribution in [-0.2, 0) is 18.9 Å². The van der Waals surface area contributed by atoms with E-state index in [0.29, 0.717) is 5.92 Å². The molecule has 94 valence electrons. The summed E-state index contributed by atoms with van der Waals surface area (Å²) in [6.45, 7) is 6.96. The van der Waals surface area contributed by atoms with Crippen LogP contribution in [0.1, 0.15) is 49.1 Å². The van der Waals surface area contributed by atoms with Gasteiger partial charge >= 0.3 is 0 Å². The van der Waals surface area contributed by atoms with E-state index >= 15 is 0 Å². The first kappa shape index (κ1) is 11.5. The predicted molar refractivity (Wildman–Crippen MR) is 73.9 cm³/mol. The Hall–Kier alpha value is -1.57. The van der Waals surface area contributed by atoms with Crippen molar-refractivity contribution >= 4 is 0 Å². The van der Waals surface area contributed by atoms with Crippen molar-refractivity contribution in [2.75, 3.05) is 0 Å². The van der Waals surface area contributed by atoms with Gasteiger partial charge in [-0.15, -0.1) is 0 Å². The molecule has 0 saturated carbocycles. The Morgan fingerprint density at radius 2 is 1.94 bits per heavy atom. The Labute approximate surface area is 109 Å². The van der Waals surface area contributed by atoms with E-state index in [2.05, 4.69) is 57.2 Å². The van der Waals surface area contributed by atoms with Gasteiger partial charge in [0.15, 0.2) is 0 Å². The first-order valence-corrected chi connectivity index (χ1v) is 6.61. The molecule has 1 atom stereocenters. The van der Waals surface area contributed by atoms with Gasteiger partial charge in [0.25, 0.3) is 0 Å². The maximum atomic E-state index is 4.45. The van der Waals surface area contributed by atoms with Gasteiger partial charge in [0.1, 0.15) is 0 Å². The van der Waals surface area contributed by atoms with Crippen LogP contribution in [0, 0.1) is 0 Å². The van der Waals surface area contributed by atoms with Crippen LogP contribution in [-0.4, -0.2) is 9.78 Å². The first-order valence-electron chi connectivity index (χ1n) is 6.61. The molecule has 0 fully saturated rings. The molecule has 0 amide bonds. The highest BCUT2D eigenvalue weighted by molar-refractivity contribution is 5.45. The molecule has 0 spiro atoms. The van der Waals surface area contributed by atoms with Crippen LogP contribution < -0.4 is 0 Å². The molecule has 1 aliphatic rings. The van der Waals surface area contributed by atoms with Crippen LogP contribution in [0.25, 0.3) is 0 Å². The summed E-state index contributed by atoms with van der Waals surface area (Å²) in [5.74, 6) is 0.437. The van der Waals surface area contributed by atoms with Crippen LogP contribution in [0.5, 0.6) is 0 Å². The summed E-state index contributed by atoms with van der Waals surface area (Å²) in [4.78, 5) is 0. The van der Waals surface area contributed by atoms with Crippen molar-refractivity contribution in [3.8, 4) is 0 Å². The van der Waals surface area contributed by atoms with Gasteiger partial charge in [-0.25, -0.2) is 0 Å². The van der Waals surface area contributed by atoms with Crippen molar-refractivity contribution in [3.05, 3.63) is 52.8 Å². The lowest BCUT2D eigenvalue weighted by molar-refractivity contribution is 0.500. The third kappa shape index (κ3) is 1.52. The fourth-order valence-corrected chi connectivity index (χ4v) is 3.23. The van der Waals surface area contributed by atoms with Gasteiger partial charge in [0.05, 0.1) is 6.20 Å². The van der Waals surface area contributed by atoms with Gasteiger partial charge in [-0.3, -0.25) is 4.68 Å². The second-order valence-corrected chi connectivity index (χ2v) is 6.04. The van der Waals surface area contributed by atoms with E-state index in [1.165, 1.54) is 22.4 Å². The van der Waals surface area contributed by atoms with Crippen molar-refractivity contribution in [2.45, 2.75) is 38.5 Å². The Morgan fingerprint density at radius 3 is 2.72 bits per heavy atom. The minimum Gasteiger partial charge on any atom is -0.272 e. The Morgan fingerprint density at radius 1 is 1.22 bits per heavy atom. The highest BCUT2D eigenvalue weighted by atomic mass is 15.3. The van der Waals surface area contributed by atoms with Gasteiger partial charge in [-0.1, -0.05) is 45.0 Å². The zero-order valence-electron chi connectivity index (χ0n) is 11.6. The van der Waals surface area contributed by atoms with E-state index in [-0.39, 0.29) is 5.41 Å². The summed E-state index contributed by atoms with van der Waals surface area (Å²) in [6.07, 6.45) is 3.10. The lowest BCUT2D eigenvalue weighted by atomic mass is 9.79. The summed E-state index contributed by atoms with van der Waals surface area (Å²) in [5.41, 5.74) is 5.87. The Kier molecular flexibility index (Phi) is 2.37. The number of benzene rings is 1. The van der Waals surface area contributed by atoms with Crippen molar-refractivity contribution < 1.29 is 0 Å². The monoisotopic (exact) mass is 240 g/mol. The average Bonchev–Trinajstić information content (AvgIpc) is 2.66. The van der Waals surface area contributed by atoms with Crippen molar-refractivity contribution in [2.24, 2.45) is 7.05 Å². The fourth-order valence-electron chi connectivity index (χ4n) is 3.23. The van der Waals surface area contributed by atoms with Gasteiger partial charge in [0, 0.05) is 24.2 Å². The van der Waals surface area contributed by atoms with E-state index in [4.69, 9.17) is 0 Å². The summed E-state index contributed by atoms with van der Waals surface area (Å²) in [5, 5.41) is 4.45. The summed E-state index contributed by atoms with van der Waals surface area (Å²) < 4.78 is 2.04. The number of fused-ring (bicyclic) bond motifs is 2. The molecule has 0 N–H and O–H groups in total. The molecule has 1 aliphatic carbocycles. The fraction of sp³-hybridized carbons (Fsp3) is 0.438. The van der Waals surface area contributed by atoms with E-state index < -0.39 is 0 Å². The molecule has 2 aromatic rings. The van der Waals surface area contributed by atoms with Crippen LogP contribution in [0.3, 0.4) is 0 Å². The van der Waals surface area contributed by atoms with Gasteiger partial charge in [0.2, 0.25) is 0 Å². The summed E-state index contributed by atoms with van der Waals surface area (Å²) >= 11 is 0. The molecular weight excluding hydrogens is 220 g/mol. The maximum absolute atomic E-state index is 4.45. The quantitative estimate of drug-likeness (QED) is 0.690. The molecule has 1 aromatic carbocycles. The molecule has 0 aliphatic heterocycles. The zero-order chi connectivity index (χ0) is 12.9. The second kappa shape index (κ2) is 3.71. The molecule has 2 heteroatoms.